The van der Waals surface area contributed by atoms with E-state index >= 15 is 0 Å². The maximum Gasteiger partial charge on any atom is 0.340 e. The number of allylic oxidation sites excluding steroid dienone is 1. The first kappa shape index (κ1) is 16.5. The Bertz CT molecular complexity index is 912. The van der Waals surface area contributed by atoms with Gasteiger partial charge in [-0.3, -0.25) is 4.79 Å². The Balaban J connectivity index is 1.53. The van der Waals surface area contributed by atoms with E-state index in [4.69, 9.17) is 14.2 Å². The van der Waals surface area contributed by atoms with E-state index in [9.17, 15) is 14.0 Å². The molecule has 0 amide bonds. The monoisotopic (exact) mass is 354 g/mol. The first-order valence-corrected chi connectivity index (χ1v) is 8.27. The zero-order valence-corrected chi connectivity index (χ0v) is 13.7. The van der Waals surface area contributed by atoms with Gasteiger partial charge in [-0.15, -0.1) is 0 Å². The minimum absolute atomic E-state index is 0.0909. The van der Waals surface area contributed by atoms with Gasteiger partial charge in [0.1, 0.15) is 17.3 Å². The van der Waals surface area contributed by atoms with Crippen LogP contribution in [0.3, 0.4) is 0 Å². The molecule has 2 aromatic rings. The van der Waals surface area contributed by atoms with Crippen molar-refractivity contribution in [2.75, 3.05) is 6.61 Å². The quantitative estimate of drug-likeness (QED) is 0.479. The second-order valence-corrected chi connectivity index (χ2v) is 6.08. The van der Waals surface area contributed by atoms with Crippen molar-refractivity contribution in [3.8, 4) is 11.5 Å². The van der Waals surface area contributed by atoms with Crippen LogP contribution in [0, 0.1) is 5.82 Å². The minimum Gasteiger partial charge on any atom is -0.452 e. The number of ketones is 1. The van der Waals surface area contributed by atoms with E-state index in [2.05, 4.69) is 0 Å². The van der Waals surface area contributed by atoms with E-state index in [1.54, 1.807) is 18.2 Å². The standard InChI is InChI=1S/C20H15FO5/c21-13-4-1-3-12(9-13)10-18-19(22)15-7-6-14(11-17(15)26-18)25-20(23)16-5-2-8-24-16/h1,3-4,6-7,9-11,16H,2,5,8H2/b18-10-. The summed E-state index contributed by atoms with van der Waals surface area (Å²) in [7, 11) is 0. The first-order valence-electron chi connectivity index (χ1n) is 8.27. The third kappa shape index (κ3) is 3.23. The molecule has 2 aliphatic heterocycles. The van der Waals surface area contributed by atoms with Crippen molar-refractivity contribution in [2.45, 2.75) is 18.9 Å². The molecule has 0 aromatic heterocycles. The maximum atomic E-state index is 13.3. The van der Waals surface area contributed by atoms with E-state index in [-0.39, 0.29) is 17.3 Å². The van der Waals surface area contributed by atoms with Crippen LogP contribution in [-0.2, 0) is 9.53 Å². The predicted molar refractivity (Wildman–Crippen MR) is 90.4 cm³/mol. The van der Waals surface area contributed by atoms with Crippen molar-refractivity contribution in [3.05, 3.63) is 65.2 Å². The van der Waals surface area contributed by atoms with Crippen LogP contribution in [-0.4, -0.2) is 24.5 Å². The lowest BCUT2D eigenvalue weighted by molar-refractivity contribution is -0.144. The van der Waals surface area contributed by atoms with Gasteiger partial charge >= 0.3 is 5.97 Å². The number of hydrogen-bond acceptors (Lipinski definition) is 5. The highest BCUT2D eigenvalue weighted by Gasteiger charge is 2.29. The Morgan fingerprint density at radius 3 is 2.88 bits per heavy atom. The van der Waals surface area contributed by atoms with E-state index in [1.807, 2.05) is 0 Å². The maximum absolute atomic E-state index is 13.3. The molecule has 0 radical (unpaired) electrons. The zero-order chi connectivity index (χ0) is 18.1. The Morgan fingerprint density at radius 2 is 2.12 bits per heavy atom. The van der Waals surface area contributed by atoms with Crippen LogP contribution in [0.2, 0.25) is 0 Å². The van der Waals surface area contributed by atoms with Crippen molar-refractivity contribution < 1.29 is 28.2 Å². The lowest BCUT2D eigenvalue weighted by atomic mass is 10.1. The van der Waals surface area contributed by atoms with Crippen LogP contribution >= 0.6 is 0 Å². The Labute approximate surface area is 149 Å². The van der Waals surface area contributed by atoms with Crippen molar-refractivity contribution >= 4 is 17.8 Å². The van der Waals surface area contributed by atoms with Gasteiger partial charge in [-0.1, -0.05) is 12.1 Å². The van der Waals surface area contributed by atoms with Crippen molar-refractivity contribution in [1.29, 1.82) is 0 Å². The van der Waals surface area contributed by atoms with Crippen LogP contribution in [0.25, 0.3) is 6.08 Å². The number of esters is 1. The van der Waals surface area contributed by atoms with Gasteiger partial charge in [0, 0.05) is 12.7 Å². The summed E-state index contributed by atoms with van der Waals surface area (Å²) in [5.41, 5.74) is 0.885. The van der Waals surface area contributed by atoms with E-state index in [0.717, 1.165) is 6.42 Å². The van der Waals surface area contributed by atoms with Crippen LogP contribution in [0.4, 0.5) is 4.39 Å². The first-order chi connectivity index (χ1) is 12.6. The molecule has 1 unspecified atom stereocenters. The summed E-state index contributed by atoms with van der Waals surface area (Å²) in [6.07, 6.45) is 2.40. The second-order valence-electron chi connectivity index (χ2n) is 6.08. The SMILES string of the molecule is O=C1/C(=C/c2cccc(F)c2)Oc2cc(OC(=O)C3CCCO3)ccc21. The molecular weight excluding hydrogens is 339 g/mol. The number of carbonyl (C=O) groups excluding carboxylic acids is 2. The summed E-state index contributed by atoms with van der Waals surface area (Å²) in [6.45, 7) is 0.551. The minimum atomic E-state index is -0.547. The van der Waals surface area contributed by atoms with Gasteiger partial charge < -0.3 is 14.2 Å². The number of halogens is 1. The fraction of sp³-hybridized carbons (Fsp3) is 0.200. The number of hydrogen-bond donors (Lipinski definition) is 0. The fourth-order valence-electron chi connectivity index (χ4n) is 2.92. The highest BCUT2D eigenvalue weighted by atomic mass is 19.1. The van der Waals surface area contributed by atoms with Gasteiger partial charge in [0.15, 0.2) is 11.9 Å². The molecule has 0 spiro atoms. The summed E-state index contributed by atoms with van der Waals surface area (Å²) in [4.78, 5) is 24.4. The largest absolute Gasteiger partial charge is 0.452 e. The highest BCUT2D eigenvalue weighted by Crippen LogP contribution is 2.35. The van der Waals surface area contributed by atoms with Gasteiger partial charge in [-0.2, -0.15) is 0 Å². The van der Waals surface area contributed by atoms with Crippen LogP contribution in [0.5, 0.6) is 11.5 Å². The Morgan fingerprint density at radius 1 is 1.23 bits per heavy atom. The molecule has 132 valence electrons. The molecule has 1 saturated heterocycles. The number of carbonyl (C=O) groups is 2. The zero-order valence-electron chi connectivity index (χ0n) is 13.7. The molecule has 26 heavy (non-hydrogen) atoms. The molecular formula is C20H15FO5. The van der Waals surface area contributed by atoms with Crippen LogP contribution in [0.15, 0.2) is 48.2 Å². The molecule has 4 rings (SSSR count). The highest BCUT2D eigenvalue weighted by molar-refractivity contribution is 6.14. The molecule has 2 aromatic carbocycles. The number of Topliss-reactive ketones (excluding diaryl/α,β-unsaturated/α-hetero) is 1. The van der Waals surface area contributed by atoms with Crippen LogP contribution < -0.4 is 9.47 Å². The average molecular weight is 354 g/mol. The number of benzene rings is 2. The average Bonchev–Trinajstić information content (AvgIpc) is 3.24. The lowest BCUT2D eigenvalue weighted by Gasteiger charge is -2.09. The molecule has 0 saturated carbocycles. The summed E-state index contributed by atoms with van der Waals surface area (Å²) in [5.74, 6) is -0.484. The van der Waals surface area contributed by atoms with Gasteiger partial charge in [-0.05, 0) is 48.7 Å². The topological polar surface area (TPSA) is 61.8 Å². The smallest absolute Gasteiger partial charge is 0.340 e. The molecule has 1 fully saturated rings. The van der Waals surface area contributed by atoms with Crippen molar-refractivity contribution in [1.82, 2.24) is 0 Å². The summed E-state index contributed by atoms with van der Waals surface area (Å²) in [6, 6.07) is 10.4. The van der Waals surface area contributed by atoms with Crippen LogP contribution in [0.1, 0.15) is 28.8 Å². The van der Waals surface area contributed by atoms with Gasteiger partial charge in [0.2, 0.25) is 5.78 Å². The normalized spacial score (nSPS) is 20.1. The number of rotatable bonds is 3. The van der Waals surface area contributed by atoms with E-state index in [1.165, 1.54) is 30.3 Å². The third-order valence-electron chi connectivity index (χ3n) is 4.20. The molecule has 2 heterocycles. The summed E-state index contributed by atoms with van der Waals surface area (Å²) < 4.78 is 29.5. The molecule has 0 aliphatic carbocycles. The van der Waals surface area contributed by atoms with Gasteiger partial charge in [-0.25, -0.2) is 9.18 Å². The van der Waals surface area contributed by atoms with Gasteiger partial charge in [0.25, 0.3) is 0 Å². The van der Waals surface area contributed by atoms with Gasteiger partial charge in [0.05, 0.1) is 5.56 Å². The molecule has 1 atom stereocenters. The summed E-state index contributed by atoms with van der Waals surface area (Å²) in [5, 5.41) is 0. The predicted octanol–water partition coefficient (Wildman–Crippen LogP) is 3.53. The van der Waals surface area contributed by atoms with E-state index < -0.39 is 17.9 Å². The third-order valence-corrected chi connectivity index (χ3v) is 4.20. The number of fused-ring (bicyclic) bond motifs is 1. The van der Waals surface area contributed by atoms with Crippen molar-refractivity contribution in [2.24, 2.45) is 0 Å². The Kier molecular flexibility index (Phi) is 4.26. The second kappa shape index (κ2) is 6.72. The fourth-order valence-corrected chi connectivity index (χ4v) is 2.92. The Hall–Kier alpha value is -2.99. The summed E-state index contributed by atoms with van der Waals surface area (Å²) >= 11 is 0. The van der Waals surface area contributed by atoms with E-state index in [0.29, 0.717) is 29.9 Å². The lowest BCUT2D eigenvalue weighted by Crippen LogP contribution is -2.24. The number of ether oxygens (including phenoxy) is 3. The molecule has 0 bridgehead atoms. The molecule has 0 N–H and O–H groups in total. The van der Waals surface area contributed by atoms with Crippen molar-refractivity contribution in [3.63, 3.8) is 0 Å². The molecule has 5 nitrogen and oxygen atoms in total. The molecule has 2 aliphatic rings. The molecule has 6 heteroatoms.